The number of fused-ring (bicyclic) bond motifs is 3. The number of unbranched alkanes of at least 4 members (excludes halogenated alkanes) is 15. The summed E-state index contributed by atoms with van der Waals surface area (Å²) >= 11 is 0. The SMILES string of the molecule is CCCCCCCCCCCCCCCCCCOCC(COP(=O)([O-])OC1C[N+]2(C)CCC1CC2)OC(C)=O. The maximum absolute atomic E-state index is 12.5. The third-order valence-corrected chi connectivity index (χ3v) is 9.68. The molecular weight excluding hydrogens is 529 g/mol. The van der Waals surface area contributed by atoms with Crippen LogP contribution in [0.4, 0.5) is 0 Å². The molecule has 8 nitrogen and oxygen atoms in total. The first-order chi connectivity index (χ1) is 19.2. The van der Waals surface area contributed by atoms with Gasteiger partial charge in [-0.2, -0.15) is 0 Å². The van der Waals surface area contributed by atoms with E-state index in [4.69, 9.17) is 18.5 Å². The fourth-order valence-electron chi connectivity index (χ4n) is 6.16. The monoisotopic (exact) mass is 589 g/mol. The Bertz CT molecular complexity index is 714. The zero-order valence-electron chi connectivity index (χ0n) is 26.0. The fourth-order valence-corrected chi connectivity index (χ4v) is 7.14. The molecule has 3 fully saturated rings. The molecule has 3 atom stereocenters. The molecule has 0 amide bonds. The van der Waals surface area contributed by atoms with E-state index in [0.29, 0.717) is 13.2 Å². The van der Waals surface area contributed by atoms with Gasteiger partial charge in [-0.25, -0.2) is 0 Å². The van der Waals surface area contributed by atoms with E-state index in [9.17, 15) is 14.3 Å². The number of piperidine rings is 3. The average molecular weight is 590 g/mol. The molecule has 3 heterocycles. The highest BCUT2D eigenvalue weighted by molar-refractivity contribution is 7.45. The summed E-state index contributed by atoms with van der Waals surface area (Å²) in [7, 11) is -2.35. The molecule has 0 N–H and O–H groups in total. The highest BCUT2D eigenvalue weighted by atomic mass is 31.2. The smallest absolute Gasteiger partial charge is 0.303 e. The van der Waals surface area contributed by atoms with Gasteiger partial charge in [-0.15, -0.1) is 0 Å². The average Bonchev–Trinajstić information content (AvgIpc) is 2.90. The van der Waals surface area contributed by atoms with Gasteiger partial charge in [0.15, 0.2) is 0 Å². The number of phosphoric acid groups is 1. The molecule has 3 rings (SSSR count). The van der Waals surface area contributed by atoms with Crippen LogP contribution in [0.15, 0.2) is 0 Å². The maximum Gasteiger partial charge on any atom is 0.303 e. The number of quaternary nitrogens is 1. The Morgan fingerprint density at radius 1 is 0.850 bits per heavy atom. The van der Waals surface area contributed by atoms with Crippen LogP contribution in [0.2, 0.25) is 0 Å². The van der Waals surface area contributed by atoms with E-state index in [1.54, 1.807) is 0 Å². The van der Waals surface area contributed by atoms with Gasteiger partial charge >= 0.3 is 5.97 Å². The number of esters is 1. The predicted molar refractivity (Wildman–Crippen MR) is 158 cm³/mol. The minimum absolute atomic E-state index is 0.110. The molecule has 0 aromatic rings. The van der Waals surface area contributed by atoms with Crippen LogP contribution < -0.4 is 4.89 Å². The van der Waals surface area contributed by atoms with Crippen molar-refractivity contribution in [2.45, 2.75) is 142 Å². The summed E-state index contributed by atoms with van der Waals surface area (Å²) < 4.78 is 34.9. The summed E-state index contributed by atoms with van der Waals surface area (Å²) in [4.78, 5) is 24.0. The third kappa shape index (κ3) is 16.2. The highest BCUT2D eigenvalue weighted by Gasteiger charge is 2.45. The van der Waals surface area contributed by atoms with Gasteiger partial charge in [0, 0.05) is 32.3 Å². The quantitative estimate of drug-likeness (QED) is 0.0493. The predicted octanol–water partition coefficient (Wildman–Crippen LogP) is 6.94. The van der Waals surface area contributed by atoms with Crippen molar-refractivity contribution in [3.63, 3.8) is 0 Å². The lowest BCUT2D eigenvalue weighted by Crippen LogP contribution is -2.61. The molecule has 3 aliphatic rings. The Hall–Kier alpha value is -0.500. The number of hydrogen-bond acceptors (Lipinski definition) is 7. The molecule has 236 valence electrons. The van der Waals surface area contributed by atoms with E-state index in [0.717, 1.165) is 43.3 Å². The van der Waals surface area contributed by atoms with Crippen molar-refractivity contribution in [3.05, 3.63) is 0 Å². The van der Waals surface area contributed by atoms with Gasteiger partial charge in [0.05, 0.1) is 33.4 Å². The molecule has 2 bridgehead atoms. The zero-order valence-corrected chi connectivity index (χ0v) is 26.8. The second-order valence-corrected chi connectivity index (χ2v) is 13.9. The van der Waals surface area contributed by atoms with E-state index >= 15 is 0 Å². The summed E-state index contributed by atoms with van der Waals surface area (Å²) in [6, 6.07) is 0. The molecule has 0 radical (unpaired) electrons. The normalized spacial score (nSPS) is 24.6. The second kappa shape index (κ2) is 20.4. The van der Waals surface area contributed by atoms with E-state index in [2.05, 4.69) is 14.0 Å². The maximum atomic E-state index is 12.5. The number of nitrogens with zero attached hydrogens (tertiary/aromatic N) is 1. The first-order valence-electron chi connectivity index (χ1n) is 16.5. The Labute approximate surface area is 245 Å². The van der Waals surface area contributed by atoms with Crippen LogP contribution in [0, 0.1) is 5.92 Å². The largest absolute Gasteiger partial charge is 0.756 e. The van der Waals surface area contributed by atoms with Gasteiger partial charge in [-0.3, -0.25) is 9.36 Å². The number of carbonyl (C=O) groups is 1. The fraction of sp³-hybridized carbons (Fsp3) is 0.968. The van der Waals surface area contributed by atoms with Crippen LogP contribution in [0.3, 0.4) is 0 Å². The summed E-state index contributed by atoms with van der Waals surface area (Å²) in [5.41, 5.74) is 0. The van der Waals surface area contributed by atoms with Crippen LogP contribution in [0.1, 0.15) is 129 Å². The van der Waals surface area contributed by atoms with Crippen molar-refractivity contribution in [2.24, 2.45) is 5.92 Å². The summed E-state index contributed by atoms with van der Waals surface area (Å²) in [6.07, 6.45) is 21.9. The van der Waals surface area contributed by atoms with Crippen molar-refractivity contribution in [3.8, 4) is 0 Å². The molecule has 0 spiro atoms. The molecule has 0 aliphatic carbocycles. The number of phosphoric ester groups is 1. The van der Waals surface area contributed by atoms with Crippen LogP contribution in [0.5, 0.6) is 0 Å². The van der Waals surface area contributed by atoms with E-state index in [-0.39, 0.29) is 25.2 Å². The molecule has 3 unspecified atom stereocenters. The van der Waals surface area contributed by atoms with Crippen LogP contribution in [-0.4, -0.2) is 69.2 Å². The number of ether oxygens (including phenoxy) is 2. The lowest BCUT2D eigenvalue weighted by molar-refractivity contribution is -0.928. The Kier molecular flexibility index (Phi) is 18.2. The van der Waals surface area contributed by atoms with Gasteiger partial charge in [0.25, 0.3) is 7.82 Å². The van der Waals surface area contributed by atoms with Crippen molar-refractivity contribution in [1.29, 1.82) is 0 Å². The summed E-state index contributed by atoms with van der Waals surface area (Å²) in [6.45, 7) is 6.78. The Morgan fingerprint density at radius 3 is 1.82 bits per heavy atom. The minimum atomic E-state index is -4.50. The van der Waals surface area contributed by atoms with Gasteiger partial charge < -0.3 is 27.9 Å². The Balaban J connectivity index is 1.45. The lowest BCUT2D eigenvalue weighted by Gasteiger charge is -2.50. The molecule has 40 heavy (non-hydrogen) atoms. The van der Waals surface area contributed by atoms with Crippen molar-refractivity contribution >= 4 is 13.8 Å². The summed E-state index contributed by atoms with van der Waals surface area (Å²) in [5.74, 6) is -0.228. The van der Waals surface area contributed by atoms with Crippen LogP contribution in [-0.2, 0) is 27.9 Å². The van der Waals surface area contributed by atoms with E-state index in [1.807, 2.05) is 0 Å². The highest BCUT2D eigenvalue weighted by Crippen LogP contribution is 2.45. The van der Waals surface area contributed by atoms with Crippen LogP contribution >= 0.6 is 7.82 Å². The van der Waals surface area contributed by atoms with Crippen molar-refractivity contribution < 1.29 is 37.3 Å². The van der Waals surface area contributed by atoms with Gasteiger partial charge in [-0.1, -0.05) is 103 Å². The third-order valence-electron chi connectivity index (χ3n) is 8.69. The molecule has 0 aromatic heterocycles. The van der Waals surface area contributed by atoms with Gasteiger partial charge in [0.1, 0.15) is 18.8 Å². The van der Waals surface area contributed by atoms with Gasteiger partial charge in [0.2, 0.25) is 0 Å². The first kappa shape index (κ1) is 35.7. The molecule has 9 heteroatoms. The number of hydrogen-bond donors (Lipinski definition) is 0. The Morgan fingerprint density at radius 2 is 1.35 bits per heavy atom. The molecule has 0 saturated carbocycles. The number of rotatable bonds is 25. The van der Waals surface area contributed by atoms with Crippen molar-refractivity contribution in [2.75, 3.05) is 46.5 Å². The first-order valence-corrected chi connectivity index (χ1v) is 17.9. The van der Waals surface area contributed by atoms with E-state index < -0.39 is 19.9 Å². The molecule has 3 saturated heterocycles. The number of likely N-dealkylation sites (N-methyl/N-ethyl adjacent to an activating group) is 1. The zero-order chi connectivity index (χ0) is 29.1. The van der Waals surface area contributed by atoms with Crippen LogP contribution in [0.25, 0.3) is 0 Å². The van der Waals surface area contributed by atoms with Crippen molar-refractivity contribution in [1.82, 2.24) is 0 Å². The minimum Gasteiger partial charge on any atom is -0.756 e. The van der Waals surface area contributed by atoms with E-state index in [1.165, 1.54) is 96.8 Å². The second-order valence-electron chi connectivity index (χ2n) is 12.6. The molecule has 3 aliphatic heterocycles. The lowest BCUT2D eigenvalue weighted by atomic mass is 9.84. The van der Waals surface area contributed by atoms with Gasteiger partial charge in [-0.05, 0) is 6.42 Å². The topological polar surface area (TPSA) is 94.1 Å². The number of carbonyl (C=O) groups excluding carboxylic acids is 1. The summed E-state index contributed by atoms with van der Waals surface area (Å²) in [5, 5.41) is 0. The molecule has 0 aromatic carbocycles. The molecular formula is C31H60NO7P. The standard InChI is InChI=1S/C31H60NO7P/c1-4-5-6-7-8-9-10-11-12-13-14-15-16-17-18-19-24-36-26-30(38-28(2)33)27-37-40(34,35)39-31-25-32(3)22-20-29(31)21-23-32/h29-31H,4-27H2,1-3H3.